The van der Waals surface area contributed by atoms with E-state index >= 15 is 0 Å². The third-order valence-corrected chi connectivity index (χ3v) is 6.59. The van der Waals surface area contributed by atoms with Gasteiger partial charge in [0.2, 0.25) is 11.8 Å². The second-order valence-corrected chi connectivity index (χ2v) is 9.06. The first-order valence-electron chi connectivity index (χ1n) is 11.7. The summed E-state index contributed by atoms with van der Waals surface area (Å²) in [7, 11) is 1.76. The van der Waals surface area contributed by atoms with E-state index in [-0.39, 0.29) is 17.7 Å². The number of nitrogens with one attached hydrogen (secondary N) is 1. The minimum absolute atomic E-state index is 0.0548. The molecule has 2 heterocycles. The maximum Gasteiger partial charge on any atom is 0.228 e. The van der Waals surface area contributed by atoms with Crippen molar-refractivity contribution in [2.75, 3.05) is 43.4 Å². The molecule has 0 aromatic heterocycles. The van der Waals surface area contributed by atoms with E-state index in [9.17, 15) is 9.59 Å². The highest BCUT2D eigenvalue weighted by Gasteiger charge is 2.34. The third-order valence-electron chi connectivity index (χ3n) is 6.59. The minimum Gasteiger partial charge on any atom is -0.370 e. The Hall–Kier alpha value is -3.02. The standard InChI is InChI=1S/C26H34N4O2/c1-4-29(26(32)21-16-25(31)28(3)18-21)17-20-8-10-22(11-9-20)27-23-12-7-19(2)15-24(23)30-13-5-6-14-30/h7-12,15,21,27H,4-6,13-14,16-18H2,1-3H3. The van der Waals surface area contributed by atoms with Crippen molar-refractivity contribution >= 4 is 28.9 Å². The predicted molar refractivity (Wildman–Crippen MR) is 129 cm³/mol. The Kier molecular flexibility index (Phi) is 6.68. The molecule has 6 heteroatoms. The molecule has 2 aliphatic heterocycles. The molecule has 1 unspecified atom stereocenters. The van der Waals surface area contributed by atoms with E-state index in [0.29, 0.717) is 26.1 Å². The molecule has 0 saturated carbocycles. The van der Waals surface area contributed by atoms with Crippen molar-refractivity contribution in [1.82, 2.24) is 9.80 Å². The number of anilines is 3. The third kappa shape index (κ3) is 4.90. The lowest BCUT2D eigenvalue weighted by Gasteiger charge is -2.24. The molecule has 4 rings (SSSR count). The SMILES string of the molecule is CCN(Cc1ccc(Nc2ccc(C)cc2N2CCCC2)cc1)C(=O)C1CC(=O)N(C)C1. The Balaban J connectivity index is 1.42. The molecule has 0 bridgehead atoms. The number of amides is 2. The van der Waals surface area contributed by atoms with Crippen LogP contribution in [0, 0.1) is 12.8 Å². The summed E-state index contributed by atoms with van der Waals surface area (Å²) in [4.78, 5) is 30.7. The molecule has 0 spiro atoms. The first kappa shape index (κ1) is 22.2. The summed E-state index contributed by atoms with van der Waals surface area (Å²) in [6.45, 7) is 8.07. The van der Waals surface area contributed by atoms with Crippen LogP contribution in [0.5, 0.6) is 0 Å². The summed E-state index contributed by atoms with van der Waals surface area (Å²) in [5.41, 5.74) is 5.80. The van der Waals surface area contributed by atoms with Crippen LogP contribution < -0.4 is 10.2 Å². The van der Waals surface area contributed by atoms with Crippen LogP contribution in [0.3, 0.4) is 0 Å². The Morgan fingerprint density at radius 3 is 2.47 bits per heavy atom. The van der Waals surface area contributed by atoms with Gasteiger partial charge in [0, 0.05) is 51.9 Å². The van der Waals surface area contributed by atoms with Crippen LogP contribution >= 0.6 is 0 Å². The van der Waals surface area contributed by atoms with Gasteiger partial charge in [0.05, 0.1) is 17.3 Å². The van der Waals surface area contributed by atoms with Crippen LogP contribution in [-0.2, 0) is 16.1 Å². The Labute approximate surface area is 191 Å². The maximum atomic E-state index is 12.9. The van der Waals surface area contributed by atoms with Crippen molar-refractivity contribution in [3.8, 4) is 0 Å². The quantitative estimate of drug-likeness (QED) is 0.711. The fraction of sp³-hybridized carbons (Fsp3) is 0.462. The van der Waals surface area contributed by atoms with Gasteiger partial charge in [-0.2, -0.15) is 0 Å². The van der Waals surface area contributed by atoms with Gasteiger partial charge in [-0.05, 0) is 62.1 Å². The molecule has 2 aromatic rings. The summed E-state index contributed by atoms with van der Waals surface area (Å²) in [5.74, 6) is -0.0968. The number of hydrogen-bond acceptors (Lipinski definition) is 4. The van der Waals surface area contributed by atoms with Crippen molar-refractivity contribution in [3.05, 3.63) is 53.6 Å². The number of aryl methyl sites for hydroxylation is 1. The van der Waals surface area contributed by atoms with E-state index in [0.717, 1.165) is 30.0 Å². The first-order chi connectivity index (χ1) is 15.4. The Bertz CT molecular complexity index is 966. The molecule has 2 aliphatic rings. The van der Waals surface area contributed by atoms with Crippen LogP contribution in [0.4, 0.5) is 17.1 Å². The number of carbonyl (C=O) groups is 2. The molecule has 170 valence electrons. The van der Waals surface area contributed by atoms with Gasteiger partial charge >= 0.3 is 0 Å². The molecule has 6 nitrogen and oxygen atoms in total. The molecule has 1 N–H and O–H groups in total. The van der Waals surface area contributed by atoms with Gasteiger partial charge < -0.3 is 20.0 Å². The van der Waals surface area contributed by atoms with E-state index in [2.05, 4.69) is 59.6 Å². The van der Waals surface area contributed by atoms with Crippen molar-refractivity contribution < 1.29 is 9.59 Å². The van der Waals surface area contributed by atoms with Gasteiger partial charge in [0.25, 0.3) is 0 Å². The van der Waals surface area contributed by atoms with E-state index in [1.807, 2.05) is 11.8 Å². The summed E-state index contributed by atoms with van der Waals surface area (Å²) < 4.78 is 0. The molecule has 2 aromatic carbocycles. The molecule has 32 heavy (non-hydrogen) atoms. The zero-order valence-corrected chi connectivity index (χ0v) is 19.4. The maximum absolute atomic E-state index is 12.9. The van der Waals surface area contributed by atoms with Gasteiger partial charge in [-0.3, -0.25) is 9.59 Å². The minimum atomic E-state index is -0.223. The van der Waals surface area contributed by atoms with Crippen molar-refractivity contribution in [2.24, 2.45) is 5.92 Å². The average molecular weight is 435 g/mol. The number of rotatable bonds is 7. The number of likely N-dealkylation sites (tertiary alicyclic amines) is 1. The lowest BCUT2D eigenvalue weighted by Crippen LogP contribution is -2.36. The monoisotopic (exact) mass is 434 g/mol. The largest absolute Gasteiger partial charge is 0.370 e. The average Bonchev–Trinajstić information content (AvgIpc) is 3.44. The summed E-state index contributed by atoms with van der Waals surface area (Å²) >= 11 is 0. The predicted octanol–water partition coefficient (Wildman–Crippen LogP) is 4.17. The first-order valence-corrected chi connectivity index (χ1v) is 11.7. The van der Waals surface area contributed by atoms with Crippen LogP contribution in [0.15, 0.2) is 42.5 Å². The van der Waals surface area contributed by atoms with E-state index in [1.165, 1.54) is 24.1 Å². The van der Waals surface area contributed by atoms with E-state index in [4.69, 9.17) is 0 Å². The number of benzene rings is 2. The second-order valence-electron chi connectivity index (χ2n) is 9.06. The topological polar surface area (TPSA) is 55.9 Å². The molecular formula is C26H34N4O2. The van der Waals surface area contributed by atoms with Crippen LogP contribution in [0.25, 0.3) is 0 Å². The van der Waals surface area contributed by atoms with Crippen molar-refractivity contribution in [1.29, 1.82) is 0 Å². The summed E-state index contributed by atoms with van der Waals surface area (Å²) in [5, 5.41) is 3.58. The number of nitrogens with zero attached hydrogens (tertiary/aromatic N) is 3. The fourth-order valence-corrected chi connectivity index (χ4v) is 4.67. The van der Waals surface area contributed by atoms with E-state index in [1.54, 1.807) is 11.9 Å². The zero-order chi connectivity index (χ0) is 22.7. The van der Waals surface area contributed by atoms with Crippen molar-refractivity contribution in [3.63, 3.8) is 0 Å². The smallest absolute Gasteiger partial charge is 0.228 e. The molecule has 2 fully saturated rings. The fourth-order valence-electron chi connectivity index (χ4n) is 4.67. The van der Waals surface area contributed by atoms with Gasteiger partial charge in [0.15, 0.2) is 0 Å². The summed E-state index contributed by atoms with van der Waals surface area (Å²) in [6, 6.07) is 14.9. The van der Waals surface area contributed by atoms with E-state index < -0.39 is 0 Å². The highest BCUT2D eigenvalue weighted by Crippen LogP contribution is 2.32. The molecular weight excluding hydrogens is 400 g/mol. The van der Waals surface area contributed by atoms with Crippen LogP contribution in [-0.4, -0.2) is 54.8 Å². The lowest BCUT2D eigenvalue weighted by molar-refractivity contribution is -0.136. The van der Waals surface area contributed by atoms with Crippen LogP contribution in [0.1, 0.15) is 37.3 Å². The van der Waals surface area contributed by atoms with Gasteiger partial charge in [-0.1, -0.05) is 18.2 Å². The lowest BCUT2D eigenvalue weighted by atomic mass is 10.1. The zero-order valence-electron chi connectivity index (χ0n) is 19.4. The second kappa shape index (κ2) is 9.63. The normalized spacial score (nSPS) is 18.3. The molecule has 2 saturated heterocycles. The van der Waals surface area contributed by atoms with Gasteiger partial charge in [-0.15, -0.1) is 0 Å². The number of carbonyl (C=O) groups excluding carboxylic acids is 2. The summed E-state index contributed by atoms with van der Waals surface area (Å²) in [6.07, 6.45) is 2.82. The Morgan fingerprint density at radius 2 is 1.84 bits per heavy atom. The van der Waals surface area contributed by atoms with Gasteiger partial charge in [-0.25, -0.2) is 0 Å². The Morgan fingerprint density at radius 1 is 1.12 bits per heavy atom. The van der Waals surface area contributed by atoms with Gasteiger partial charge in [0.1, 0.15) is 0 Å². The molecule has 0 aliphatic carbocycles. The van der Waals surface area contributed by atoms with Crippen molar-refractivity contribution in [2.45, 2.75) is 39.7 Å². The molecule has 2 amide bonds. The highest BCUT2D eigenvalue weighted by atomic mass is 16.2. The molecule has 1 atom stereocenters. The molecule has 0 radical (unpaired) electrons. The van der Waals surface area contributed by atoms with Crippen LogP contribution in [0.2, 0.25) is 0 Å². The number of hydrogen-bond donors (Lipinski definition) is 1. The highest BCUT2D eigenvalue weighted by molar-refractivity contribution is 5.89.